The Morgan fingerprint density at radius 3 is 2.67 bits per heavy atom. The van der Waals surface area contributed by atoms with E-state index in [1.165, 1.54) is 36.1 Å². The number of hydrogen-bond acceptors (Lipinski definition) is 3. The van der Waals surface area contributed by atoms with Gasteiger partial charge >= 0.3 is 0 Å². The molecule has 3 heteroatoms. The Morgan fingerprint density at radius 1 is 1.17 bits per heavy atom. The molecule has 0 amide bonds. The molecule has 1 heterocycles. The summed E-state index contributed by atoms with van der Waals surface area (Å²) >= 11 is 1.96. The van der Waals surface area contributed by atoms with Gasteiger partial charge in [-0.15, -0.1) is 11.8 Å². The second-order valence-corrected chi connectivity index (χ2v) is 6.63. The van der Waals surface area contributed by atoms with Gasteiger partial charge in [-0.25, -0.2) is 0 Å². The Morgan fingerprint density at radius 2 is 2.00 bits per heavy atom. The molecular weight excluding hydrogens is 242 g/mol. The highest BCUT2D eigenvalue weighted by atomic mass is 32.2. The van der Waals surface area contributed by atoms with Crippen molar-refractivity contribution in [1.82, 2.24) is 5.32 Å². The van der Waals surface area contributed by atoms with E-state index in [-0.39, 0.29) is 0 Å². The maximum Gasteiger partial charge on any atom is 0.0588 e. The van der Waals surface area contributed by atoms with Crippen molar-refractivity contribution in [2.24, 2.45) is 0 Å². The first-order valence-electron chi connectivity index (χ1n) is 6.97. The summed E-state index contributed by atoms with van der Waals surface area (Å²) in [6.07, 6.45) is 5.21. The van der Waals surface area contributed by atoms with Crippen LogP contribution >= 0.6 is 11.8 Å². The molecule has 1 saturated heterocycles. The van der Waals surface area contributed by atoms with Crippen molar-refractivity contribution in [3.63, 3.8) is 0 Å². The molecule has 98 valence electrons. The molecule has 1 N–H and O–H groups in total. The zero-order valence-electron chi connectivity index (χ0n) is 10.7. The molecule has 2 nitrogen and oxygen atoms in total. The summed E-state index contributed by atoms with van der Waals surface area (Å²) in [6.45, 7) is 2.88. The van der Waals surface area contributed by atoms with Gasteiger partial charge in [0.2, 0.25) is 0 Å². The Labute approximate surface area is 113 Å². The molecule has 1 aromatic carbocycles. The molecule has 1 aliphatic heterocycles. The van der Waals surface area contributed by atoms with E-state index in [0.717, 1.165) is 25.8 Å². The predicted octanol–water partition coefficient (Wildman–Crippen LogP) is 3.21. The van der Waals surface area contributed by atoms with Gasteiger partial charge in [0.25, 0.3) is 0 Å². The third-order valence-electron chi connectivity index (χ3n) is 3.52. The summed E-state index contributed by atoms with van der Waals surface area (Å²) in [5.41, 5.74) is 1.39. The van der Waals surface area contributed by atoms with Crippen LogP contribution in [0.1, 0.15) is 31.2 Å². The van der Waals surface area contributed by atoms with Crippen LogP contribution in [0.15, 0.2) is 29.2 Å². The monoisotopic (exact) mass is 263 g/mol. The van der Waals surface area contributed by atoms with Crippen molar-refractivity contribution in [3.8, 4) is 0 Å². The third kappa shape index (κ3) is 3.74. The molecule has 0 radical (unpaired) electrons. The number of rotatable bonds is 5. The van der Waals surface area contributed by atoms with Gasteiger partial charge in [0.05, 0.1) is 6.61 Å². The highest BCUT2D eigenvalue weighted by molar-refractivity contribution is 8.00. The highest BCUT2D eigenvalue weighted by Crippen LogP contribution is 2.28. The summed E-state index contributed by atoms with van der Waals surface area (Å²) < 4.78 is 5.52. The molecular formula is C15H21NOS. The van der Waals surface area contributed by atoms with Gasteiger partial charge < -0.3 is 10.1 Å². The molecule has 18 heavy (non-hydrogen) atoms. The van der Waals surface area contributed by atoms with Crippen LogP contribution in [0, 0.1) is 0 Å². The average Bonchev–Trinajstić information content (AvgIpc) is 3.23. The first kappa shape index (κ1) is 12.5. The number of benzene rings is 1. The number of hydrogen-bond donors (Lipinski definition) is 1. The maximum absolute atomic E-state index is 5.52. The summed E-state index contributed by atoms with van der Waals surface area (Å²) in [5, 5.41) is 4.19. The van der Waals surface area contributed by atoms with Gasteiger partial charge in [-0.2, -0.15) is 0 Å². The fraction of sp³-hybridized carbons (Fsp3) is 0.600. The van der Waals surface area contributed by atoms with Crippen LogP contribution in [-0.2, 0) is 11.3 Å². The topological polar surface area (TPSA) is 21.3 Å². The molecule has 1 unspecified atom stereocenters. The van der Waals surface area contributed by atoms with Crippen LogP contribution in [-0.4, -0.2) is 24.5 Å². The molecule has 2 fully saturated rings. The molecule has 1 atom stereocenters. The second-order valence-electron chi connectivity index (χ2n) is 5.26. The molecule has 3 rings (SSSR count). The molecule has 0 bridgehead atoms. The van der Waals surface area contributed by atoms with E-state index in [1.54, 1.807) is 0 Å². The lowest BCUT2D eigenvalue weighted by molar-refractivity contribution is 0.101. The van der Waals surface area contributed by atoms with Gasteiger partial charge in [0.1, 0.15) is 0 Å². The summed E-state index contributed by atoms with van der Waals surface area (Å²) in [6, 6.07) is 9.80. The lowest BCUT2D eigenvalue weighted by Crippen LogP contribution is -2.19. The van der Waals surface area contributed by atoms with Crippen LogP contribution < -0.4 is 5.32 Å². The molecule has 0 spiro atoms. The Balaban J connectivity index is 1.49. The van der Waals surface area contributed by atoms with Crippen LogP contribution in [0.4, 0.5) is 0 Å². The number of nitrogens with one attached hydrogen (secondary N) is 1. The van der Waals surface area contributed by atoms with Crippen molar-refractivity contribution >= 4 is 11.8 Å². The summed E-state index contributed by atoms with van der Waals surface area (Å²) in [7, 11) is 0. The largest absolute Gasteiger partial charge is 0.380 e. The minimum absolute atomic E-state index is 0.647. The van der Waals surface area contributed by atoms with Crippen LogP contribution in [0.3, 0.4) is 0 Å². The average molecular weight is 263 g/mol. The fourth-order valence-corrected chi connectivity index (χ4v) is 3.36. The lowest BCUT2D eigenvalue weighted by Gasteiger charge is -2.21. The van der Waals surface area contributed by atoms with Crippen LogP contribution in [0.2, 0.25) is 0 Å². The van der Waals surface area contributed by atoms with Gasteiger partial charge in [-0.1, -0.05) is 12.1 Å². The van der Waals surface area contributed by atoms with E-state index < -0.39 is 0 Å². The van der Waals surface area contributed by atoms with E-state index in [9.17, 15) is 0 Å². The minimum Gasteiger partial charge on any atom is -0.380 e. The quantitative estimate of drug-likeness (QED) is 0.881. The van der Waals surface area contributed by atoms with Crippen molar-refractivity contribution in [3.05, 3.63) is 29.8 Å². The van der Waals surface area contributed by atoms with E-state index in [2.05, 4.69) is 29.6 Å². The number of ether oxygens (including phenoxy) is 1. The molecule has 1 aromatic rings. The van der Waals surface area contributed by atoms with E-state index in [4.69, 9.17) is 4.74 Å². The maximum atomic E-state index is 5.52. The third-order valence-corrected chi connectivity index (χ3v) is 4.77. The van der Waals surface area contributed by atoms with Gasteiger partial charge in [-0.3, -0.25) is 0 Å². The first-order valence-corrected chi connectivity index (χ1v) is 7.85. The molecule has 1 aliphatic carbocycles. The zero-order valence-corrected chi connectivity index (χ0v) is 11.5. The summed E-state index contributed by atoms with van der Waals surface area (Å²) in [5.74, 6) is 0. The van der Waals surface area contributed by atoms with Crippen molar-refractivity contribution in [1.29, 1.82) is 0 Å². The van der Waals surface area contributed by atoms with E-state index in [0.29, 0.717) is 5.25 Å². The minimum atomic E-state index is 0.647. The molecule has 0 aromatic heterocycles. The second kappa shape index (κ2) is 6.09. The first-order chi connectivity index (χ1) is 8.90. The lowest BCUT2D eigenvalue weighted by atomic mass is 10.2. The van der Waals surface area contributed by atoms with Gasteiger partial charge in [0, 0.05) is 29.3 Å². The normalized spacial score (nSPS) is 24.1. The van der Waals surface area contributed by atoms with Crippen LogP contribution in [0.5, 0.6) is 0 Å². The van der Waals surface area contributed by atoms with E-state index >= 15 is 0 Å². The zero-order chi connectivity index (χ0) is 12.2. The van der Waals surface area contributed by atoms with Crippen molar-refractivity contribution in [2.45, 2.75) is 48.4 Å². The highest BCUT2D eigenvalue weighted by Gasteiger charge is 2.20. The van der Waals surface area contributed by atoms with E-state index in [1.807, 2.05) is 11.8 Å². The molecule has 1 saturated carbocycles. The van der Waals surface area contributed by atoms with Crippen molar-refractivity contribution < 1.29 is 4.74 Å². The van der Waals surface area contributed by atoms with Gasteiger partial charge in [-0.05, 0) is 43.4 Å². The summed E-state index contributed by atoms with van der Waals surface area (Å²) in [4.78, 5) is 1.38. The van der Waals surface area contributed by atoms with Crippen molar-refractivity contribution in [2.75, 3.05) is 13.2 Å². The fourth-order valence-electron chi connectivity index (χ4n) is 2.23. The van der Waals surface area contributed by atoms with Crippen LogP contribution in [0.25, 0.3) is 0 Å². The Kier molecular flexibility index (Phi) is 4.24. The Hall–Kier alpha value is -0.510. The van der Waals surface area contributed by atoms with Gasteiger partial charge in [0.15, 0.2) is 0 Å². The molecule has 2 aliphatic rings. The smallest absolute Gasteiger partial charge is 0.0588 e. The number of thioether (sulfide) groups is 1. The Bertz CT molecular complexity index is 369. The predicted molar refractivity (Wildman–Crippen MR) is 76.0 cm³/mol. The SMILES string of the molecule is c1cc(SC2CCCOC2)ccc1CNC1CC1. The standard InChI is InChI=1S/C15H21NOS/c1-2-15(11-17-9-1)18-14-7-3-12(4-8-14)10-16-13-5-6-13/h3-4,7-8,13,15-16H,1-2,5-6,9-11H2.